The van der Waals surface area contributed by atoms with Gasteiger partial charge in [-0.05, 0) is 56.9 Å². The third kappa shape index (κ3) is 4.74. The van der Waals surface area contributed by atoms with Crippen molar-refractivity contribution in [1.82, 2.24) is 9.62 Å². The lowest BCUT2D eigenvalue weighted by atomic mass is 9.94. The second kappa shape index (κ2) is 8.23. The van der Waals surface area contributed by atoms with Crippen molar-refractivity contribution in [1.29, 1.82) is 0 Å². The SMILES string of the molecule is CC(C)(Cc1ccccc1)NC(=O)c1ccc(Cl)c(S(=O)(=O)N2CCCC2)c1. The van der Waals surface area contributed by atoms with E-state index in [0.29, 0.717) is 19.5 Å². The lowest BCUT2D eigenvalue weighted by Crippen LogP contribution is -2.45. The molecule has 0 saturated carbocycles. The van der Waals surface area contributed by atoms with E-state index in [-0.39, 0.29) is 21.4 Å². The van der Waals surface area contributed by atoms with Gasteiger partial charge in [-0.25, -0.2) is 8.42 Å². The van der Waals surface area contributed by atoms with Gasteiger partial charge in [0.2, 0.25) is 10.0 Å². The summed E-state index contributed by atoms with van der Waals surface area (Å²) in [4.78, 5) is 12.8. The molecule has 2 aromatic carbocycles. The largest absolute Gasteiger partial charge is 0.347 e. The summed E-state index contributed by atoms with van der Waals surface area (Å²) >= 11 is 6.17. The van der Waals surface area contributed by atoms with Crippen molar-refractivity contribution in [2.75, 3.05) is 13.1 Å². The van der Waals surface area contributed by atoms with E-state index in [1.165, 1.54) is 16.4 Å². The Kier molecular flexibility index (Phi) is 6.12. The molecule has 1 aliphatic heterocycles. The van der Waals surface area contributed by atoms with Gasteiger partial charge in [-0.2, -0.15) is 4.31 Å². The number of carbonyl (C=O) groups excluding carboxylic acids is 1. The predicted octanol–water partition coefficient (Wildman–Crippen LogP) is 3.88. The Hall–Kier alpha value is -1.89. The molecule has 0 aliphatic carbocycles. The van der Waals surface area contributed by atoms with Crippen LogP contribution in [0, 0.1) is 0 Å². The molecule has 0 unspecified atom stereocenters. The van der Waals surface area contributed by atoms with Crippen molar-refractivity contribution in [3.8, 4) is 0 Å². The lowest BCUT2D eigenvalue weighted by molar-refractivity contribution is 0.0913. The van der Waals surface area contributed by atoms with Gasteiger partial charge >= 0.3 is 0 Å². The Bertz CT molecular complexity index is 953. The molecular weight excluding hydrogens is 396 g/mol. The molecule has 1 N–H and O–H groups in total. The molecule has 1 saturated heterocycles. The molecule has 0 spiro atoms. The summed E-state index contributed by atoms with van der Waals surface area (Å²) in [5.74, 6) is -0.324. The second-order valence-corrected chi connectivity index (χ2v) is 10.1. The van der Waals surface area contributed by atoms with Gasteiger partial charge in [0.15, 0.2) is 0 Å². The van der Waals surface area contributed by atoms with E-state index >= 15 is 0 Å². The fourth-order valence-corrected chi connectivity index (χ4v) is 5.46. The summed E-state index contributed by atoms with van der Waals surface area (Å²) in [5.41, 5.74) is 0.899. The van der Waals surface area contributed by atoms with Gasteiger partial charge in [0, 0.05) is 24.2 Å². The molecule has 7 heteroatoms. The first-order valence-corrected chi connectivity index (χ1v) is 11.2. The lowest BCUT2D eigenvalue weighted by Gasteiger charge is -2.27. The van der Waals surface area contributed by atoms with Crippen LogP contribution in [0.15, 0.2) is 53.4 Å². The molecule has 0 bridgehead atoms. The molecule has 0 aromatic heterocycles. The van der Waals surface area contributed by atoms with E-state index < -0.39 is 15.6 Å². The zero-order valence-corrected chi connectivity index (χ0v) is 17.7. The van der Waals surface area contributed by atoms with Crippen LogP contribution in [0.2, 0.25) is 5.02 Å². The highest BCUT2D eigenvalue weighted by Crippen LogP contribution is 2.28. The van der Waals surface area contributed by atoms with Crippen molar-refractivity contribution in [3.63, 3.8) is 0 Å². The van der Waals surface area contributed by atoms with Gasteiger partial charge in [0.1, 0.15) is 4.90 Å². The van der Waals surface area contributed by atoms with Crippen molar-refractivity contribution in [3.05, 3.63) is 64.7 Å². The van der Waals surface area contributed by atoms with Crippen LogP contribution in [0.5, 0.6) is 0 Å². The highest BCUT2D eigenvalue weighted by atomic mass is 35.5. The number of hydrogen-bond acceptors (Lipinski definition) is 3. The fourth-order valence-electron chi connectivity index (χ4n) is 3.44. The van der Waals surface area contributed by atoms with Crippen molar-refractivity contribution in [2.24, 2.45) is 0 Å². The van der Waals surface area contributed by atoms with Gasteiger partial charge < -0.3 is 5.32 Å². The summed E-state index contributed by atoms with van der Waals surface area (Å²) in [5, 5.41) is 3.13. The summed E-state index contributed by atoms with van der Waals surface area (Å²) < 4.78 is 27.2. The second-order valence-electron chi connectivity index (χ2n) is 7.76. The summed E-state index contributed by atoms with van der Waals surface area (Å²) in [6.07, 6.45) is 2.33. The summed E-state index contributed by atoms with van der Waals surface area (Å²) in [6, 6.07) is 14.3. The van der Waals surface area contributed by atoms with Crippen LogP contribution in [0.1, 0.15) is 42.6 Å². The minimum Gasteiger partial charge on any atom is -0.347 e. The van der Waals surface area contributed by atoms with Crippen molar-refractivity contribution in [2.45, 2.75) is 43.5 Å². The van der Waals surface area contributed by atoms with Crippen molar-refractivity contribution < 1.29 is 13.2 Å². The number of carbonyl (C=O) groups is 1. The molecule has 1 amide bonds. The summed E-state index contributed by atoms with van der Waals surface area (Å²) in [7, 11) is -3.70. The molecule has 5 nitrogen and oxygen atoms in total. The predicted molar refractivity (Wildman–Crippen MR) is 111 cm³/mol. The van der Waals surface area contributed by atoms with E-state index in [9.17, 15) is 13.2 Å². The van der Waals surface area contributed by atoms with Crippen LogP contribution in [0.4, 0.5) is 0 Å². The third-order valence-corrected chi connectivity index (χ3v) is 7.20. The zero-order chi connectivity index (χ0) is 20.4. The quantitative estimate of drug-likeness (QED) is 0.771. The highest BCUT2D eigenvalue weighted by molar-refractivity contribution is 7.89. The number of rotatable bonds is 6. The van der Waals surface area contributed by atoms with Gasteiger partial charge in [-0.1, -0.05) is 41.9 Å². The smallest absolute Gasteiger partial charge is 0.251 e. The molecule has 1 heterocycles. The van der Waals surface area contributed by atoms with Crippen LogP contribution in [-0.2, 0) is 16.4 Å². The molecule has 2 aromatic rings. The normalized spacial score (nSPS) is 15.5. The maximum Gasteiger partial charge on any atom is 0.251 e. The van der Waals surface area contributed by atoms with Crippen LogP contribution >= 0.6 is 11.6 Å². The Morgan fingerprint density at radius 1 is 1.11 bits per heavy atom. The van der Waals surface area contributed by atoms with E-state index in [4.69, 9.17) is 11.6 Å². The summed E-state index contributed by atoms with van der Waals surface area (Å²) in [6.45, 7) is 4.85. The number of sulfonamides is 1. The van der Waals surface area contributed by atoms with Gasteiger partial charge in [0.25, 0.3) is 5.91 Å². The van der Waals surface area contributed by atoms with Gasteiger partial charge in [-0.3, -0.25) is 4.79 Å². The molecule has 1 aliphatic rings. The first kappa shape index (κ1) is 20.8. The molecule has 3 rings (SSSR count). The van der Waals surface area contributed by atoms with Gasteiger partial charge in [-0.15, -0.1) is 0 Å². The Balaban J connectivity index is 1.80. The monoisotopic (exact) mass is 420 g/mol. The fraction of sp³-hybridized carbons (Fsp3) is 0.381. The van der Waals surface area contributed by atoms with Crippen LogP contribution in [0.25, 0.3) is 0 Å². The Morgan fingerprint density at radius 2 is 1.75 bits per heavy atom. The maximum absolute atomic E-state index is 12.9. The van der Waals surface area contributed by atoms with E-state index in [0.717, 1.165) is 18.4 Å². The Morgan fingerprint density at radius 3 is 2.39 bits per heavy atom. The molecular formula is C21H25ClN2O3S. The van der Waals surface area contributed by atoms with Crippen LogP contribution < -0.4 is 5.32 Å². The number of halogens is 1. The number of amides is 1. The molecule has 150 valence electrons. The van der Waals surface area contributed by atoms with E-state index in [1.54, 1.807) is 6.07 Å². The molecule has 1 fully saturated rings. The average molecular weight is 421 g/mol. The van der Waals surface area contributed by atoms with E-state index in [2.05, 4.69) is 5.32 Å². The zero-order valence-electron chi connectivity index (χ0n) is 16.1. The molecule has 0 atom stereocenters. The first-order chi connectivity index (χ1) is 13.2. The number of nitrogens with zero attached hydrogens (tertiary/aromatic N) is 1. The average Bonchev–Trinajstić information content (AvgIpc) is 3.17. The van der Waals surface area contributed by atoms with Crippen molar-refractivity contribution >= 4 is 27.5 Å². The molecule has 28 heavy (non-hydrogen) atoms. The first-order valence-electron chi connectivity index (χ1n) is 9.35. The maximum atomic E-state index is 12.9. The van der Waals surface area contributed by atoms with Crippen LogP contribution in [0.3, 0.4) is 0 Å². The topological polar surface area (TPSA) is 66.5 Å². The minimum atomic E-state index is -3.70. The molecule has 0 radical (unpaired) electrons. The van der Waals surface area contributed by atoms with E-state index in [1.807, 2.05) is 44.2 Å². The van der Waals surface area contributed by atoms with Crippen LogP contribution in [-0.4, -0.2) is 37.3 Å². The number of hydrogen-bond donors (Lipinski definition) is 1. The number of benzene rings is 2. The highest BCUT2D eigenvalue weighted by Gasteiger charge is 2.30. The standard InChI is InChI=1S/C21H25ClN2O3S/c1-21(2,15-16-8-4-3-5-9-16)23-20(25)17-10-11-18(22)19(14-17)28(26,27)24-12-6-7-13-24/h3-5,8-11,14H,6-7,12-13,15H2,1-2H3,(H,23,25). The number of nitrogens with one attached hydrogen (secondary N) is 1. The minimum absolute atomic E-state index is 0.00965. The Labute approximate surface area is 171 Å². The third-order valence-electron chi connectivity index (χ3n) is 4.82. The van der Waals surface area contributed by atoms with Gasteiger partial charge in [0.05, 0.1) is 5.02 Å².